The maximum Gasteiger partial charge on any atom is 0.0568 e. The third-order valence-corrected chi connectivity index (χ3v) is 2.50. The number of halogens is 2. The van der Waals surface area contributed by atoms with Crippen LogP contribution in [-0.4, -0.2) is 9.97 Å². The van der Waals surface area contributed by atoms with Crippen molar-refractivity contribution in [2.45, 2.75) is 19.9 Å². The minimum absolute atomic E-state index is 0. The van der Waals surface area contributed by atoms with Crippen LogP contribution >= 0.6 is 24.8 Å². The largest absolute Gasteiger partial charge is 0.323 e. The van der Waals surface area contributed by atoms with Gasteiger partial charge < -0.3 is 5.73 Å². The Morgan fingerprint density at radius 2 is 1.50 bits per heavy atom. The van der Waals surface area contributed by atoms with Crippen LogP contribution in [-0.2, 0) is 0 Å². The molecule has 2 rings (SSSR count). The molecular weight excluding hydrogens is 269 g/mol. The van der Waals surface area contributed by atoms with Gasteiger partial charge in [-0.05, 0) is 26.0 Å². The third kappa shape index (κ3) is 3.95. The zero-order valence-electron chi connectivity index (χ0n) is 10.3. The van der Waals surface area contributed by atoms with Crippen molar-refractivity contribution in [1.29, 1.82) is 0 Å². The summed E-state index contributed by atoms with van der Waals surface area (Å²) in [6.07, 6.45) is 3.70. The summed E-state index contributed by atoms with van der Waals surface area (Å²) in [5, 5.41) is 0. The monoisotopic (exact) mass is 285 g/mol. The van der Waals surface area contributed by atoms with Gasteiger partial charge in [-0.2, -0.15) is 0 Å². The number of nitrogens with zero attached hydrogens (tertiary/aromatic N) is 2. The lowest BCUT2D eigenvalue weighted by Crippen LogP contribution is -2.06. The fourth-order valence-corrected chi connectivity index (χ4v) is 1.48. The zero-order chi connectivity index (χ0) is 11.5. The normalized spacial score (nSPS) is 11.1. The van der Waals surface area contributed by atoms with Crippen molar-refractivity contribution in [1.82, 2.24) is 9.97 Å². The Morgan fingerprint density at radius 3 is 1.89 bits per heavy atom. The van der Waals surface area contributed by atoms with E-state index in [-0.39, 0.29) is 30.9 Å². The maximum atomic E-state index is 5.75. The van der Waals surface area contributed by atoms with Crippen LogP contribution < -0.4 is 5.73 Å². The van der Waals surface area contributed by atoms with Crippen molar-refractivity contribution in [2.75, 3.05) is 0 Å². The lowest BCUT2D eigenvalue weighted by Gasteiger charge is -2.06. The smallest absolute Gasteiger partial charge is 0.0568 e. The second-order valence-electron chi connectivity index (χ2n) is 3.95. The molecule has 3 nitrogen and oxygen atoms in total. The summed E-state index contributed by atoms with van der Waals surface area (Å²) >= 11 is 0. The van der Waals surface area contributed by atoms with Crippen molar-refractivity contribution in [3.05, 3.63) is 48.0 Å². The summed E-state index contributed by atoms with van der Waals surface area (Å²) in [7, 11) is 0. The number of rotatable bonds is 2. The molecule has 1 atom stereocenters. The van der Waals surface area contributed by atoms with E-state index in [0.29, 0.717) is 0 Å². The van der Waals surface area contributed by atoms with Gasteiger partial charge in [0.25, 0.3) is 0 Å². The van der Waals surface area contributed by atoms with Crippen LogP contribution in [0.25, 0.3) is 11.1 Å². The molecule has 2 heterocycles. The van der Waals surface area contributed by atoms with Crippen molar-refractivity contribution < 1.29 is 0 Å². The van der Waals surface area contributed by atoms with E-state index in [1.807, 2.05) is 50.5 Å². The summed E-state index contributed by atoms with van der Waals surface area (Å²) < 4.78 is 0. The van der Waals surface area contributed by atoms with Gasteiger partial charge >= 0.3 is 0 Å². The minimum Gasteiger partial charge on any atom is -0.323 e. The number of pyridine rings is 2. The van der Waals surface area contributed by atoms with E-state index in [9.17, 15) is 0 Å². The molecular formula is C13H17Cl2N3. The minimum atomic E-state index is -0.0230. The molecule has 0 aliphatic carbocycles. The SMILES string of the molecule is Cc1ccc(-c2ccc([C@@H](C)N)nc2)cn1.Cl.Cl. The summed E-state index contributed by atoms with van der Waals surface area (Å²) in [5.74, 6) is 0. The highest BCUT2D eigenvalue weighted by molar-refractivity contribution is 5.85. The van der Waals surface area contributed by atoms with Crippen LogP contribution in [0.5, 0.6) is 0 Å². The van der Waals surface area contributed by atoms with E-state index in [0.717, 1.165) is 22.5 Å². The summed E-state index contributed by atoms with van der Waals surface area (Å²) in [6.45, 7) is 3.90. The Kier molecular flexibility index (Phi) is 6.84. The van der Waals surface area contributed by atoms with E-state index >= 15 is 0 Å². The van der Waals surface area contributed by atoms with Gasteiger partial charge in [-0.15, -0.1) is 24.8 Å². The molecule has 0 fully saturated rings. The molecule has 0 spiro atoms. The molecule has 0 bridgehead atoms. The first-order valence-corrected chi connectivity index (χ1v) is 5.31. The van der Waals surface area contributed by atoms with Crippen molar-refractivity contribution >= 4 is 24.8 Å². The van der Waals surface area contributed by atoms with E-state index in [1.165, 1.54) is 0 Å². The Bertz CT molecular complexity index is 467. The number of aromatic nitrogens is 2. The lowest BCUT2D eigenvalue weighted by atomic mass is 10.1. The first kappa shape index (κ1) is 16.8. The van der Waals surface area contributed by atoms with Gasteiger partial charge in [0.05, 0.1) is 5.69 Å². The number of hydrogen-bond donors (Lipinski definition) is 1. The molecule has 2 N–H and O–H groups in total. The number of hydrogen-bond acceptors (Lipinski definition) is 3. The topological polar surface area (TPSA) is 51.8 Å². The second kappa shape index (κ2) is 7.31. The van der Waals surface area contributed by atoms with Gasteiger partial charge in [-0.3, -0.25) is 9.97 Å². The first-order chi connectivity index (χ1) is 7.66. The van der Waals surface area contributed by atoms with Crippen LogP contribution in [0.4, 0.5) is 0 Å². The predicted octanol–water partition coefficient (Wildman–Crippen LogP) is 3.32. The summed E-state index contributed by atoms with van der Waals surface area (Å²) in [6, 6.07) is 8.00. The fourth-order valence-electron chi connectivity index (χ4n) is 1.48. The van der Waals surface area contributed by atoms with Gasteiger partial charge in [-0.25, -0.2) is 0 Å². The highest BCUT2D eigenvalue weighted by Crippen LogP contribution is 2.18. The standard InChI is InChI=1S/C13H15N3.2ClH/c1-9-3-4-11(7-15-9)12-5-6-13(10(2)14)16-8-12;;/h3-8,10H,14H2,1-2H3;2*1H/t10-;;/m1../s1. The number of aryl methyl sites for hydroxylation is 1. The van der Waals surface area contributed by atoms with Gasteiger partial charge in [0.2, 0.25) is 0 Å². The van der Waals surface area contributed by atoms with E-state index in [4.69, 9.17) is 5.73 Å². The van der Waals surface area contributed by atoms with Crippen LogP contribution in [0, 0.1) is 6.92 Å². The highest BCUT2D eigenvalue weighted by Gasteiger charge is 2.02. The molecule has 0 aliphatic rings. The average molecular weight is 286 g/mol. The molecule has 0 saturated carbocycles. The molecule has 2 aromatic rings. The molecule has 0 unspecified atom stereocenters. The molecule has 0 saturated heterocycles. The molecule has 0 radical (unpaired) electrons. The van der Waals surface area contributed by atoms with E-state index in [2.05, 4.69) is 9.97 Å². The molecule has 98 valence electrons. The van der Waals surface area contributed by atoms with Gasteiger partial charge in [0, 0.05) is 35.3 Å². The molecule has 5 heteroatoms. The molecule has 0 amide bonds. The molecule has 0 aliphatic heterocycles. The summed E-state index contributed by atoms with van der Waals surface area (Å²) in [5.41, 5.74) is 9.82. The van der Waals surface area contributed by atoms with Crippen LogP contribution in [0.2, 0.25) is 0 Å². The van der Waals surface area contributed by atoms with Crippen molar-refractivity contribution in [3.8, 4) is 11.1 Å². The zero-order valence-corrected chi connectivity index (χ0v) is 12.0. The van der Waals surface area contributed by atoms with E-state index in [1.54, 1.807) is 0 Å². The van der Waals surface area contributed by atoms with Crippen molar-refractivity contribution in [3.63, 3.8) is 0 Å². The van der Waals surface area contributed by atoms with Gasteiger partial charge in [0.1, 0.15) is 0 Å². The Balaban J connectivity index is 0.00000144. The predicted molar refractivity (Wildman–Crippen MR) is 79.3 cm³/mol. The quantitative estimate of drug-likeness (QED) is 0.921. The molecule has 0 aromatic carbocycles. The Labute approximate surface area is 120 Å². The highest BCUT2D eigenvalue weighted by atomic mass is 35.5. The third-order valence-electron chi connectivity index (χ3n) is 2.50. The molecule has 18 heavy (non-hydrogen) atoms. The van der Waals surface area contributed by atoms with Gasteiger partial charge in [-0.1, -0.05) is 12.1 Å². The summed E-state index contributed by atoms with van der Waals surface area (Å²) in [4.78, 5) is 8.58. The first-order valence-electron chi connectivity index (χ1n) is 5.31. The second-order valence-corrected chi connectivity index (χ2v) is 3.95. The van der Waals surface area contributed by atoms with Crippen LogP contribution in [0.15, 0.2) is 36.7 Å². The Hall–Kier alpha value is -1.16. The number of nitrogens with two attached hydrogens (primary N) is 1. The average Bonchev–Trinajstić information content (AvgIpc) is 2.30. The van der Waals surface area contributed by atoms with E-state index < -0.39 is 0 Å². The van der Waals surface area contributed by atoms with Crippen LogP contribution in [0.3, 0.4) is 0 Å². The Morgan fingerprint density at radius 1 is 0.944 bits per heavy atom. The van der Waals surface area contributed by atoms with Crippen molar-refractivity contribution in [2.24, 2.45) is 5.73 Å². The van der Waals surface area contributed by atoms with Crippen LogP contribution in [0.1, 0.15) is 24.4 Å². The fraction of sp³-hybridized carbons (Fsp3) is 0.231. The molecule has 2 aromatic heterocycles. The van der Waals surface area contributed by atoms with Gasteiger partial charge in [0.15, 0.2) is 0 Å². The lowest BCUT2D eigenvalue weighted by molar-refractivity contribution is 0.781. The maximum absolute atomic E-state index is 5.75.